The van der Waals surface area contributed by atoms with Crippen LogP contribution in [0.15, 0.2) is 0 Å². The molecule has 0 aliphatic carbocycles. The van der Waals surface area contributed by atoms with Crippen molar-refractivity contribution >= 4 is 0 Å². The van der Waals surface area contributed by atoms with Crippen LogP contribution in [0.1, 0.15) is 41.0 Å². The van der Waals surface area contributed by atoms with Gasteiger partial charge < -0.3 is 5.32 Å². The molecule has 0 radical (unpaired) electrons. The number of rotatable bonds is 3. The van der Waals surface area contributed by atoms with E-state index in [4.69, 9.17) is 0 Å². The summed E-state index contributed by atoms with van der Waals surface area (Å²) in [6, 6.07) is 0.500. The Kier molecular flexibility index (Phi) is 4.35. The SMILES string of the molecule is CC(C)(C)C1CN(CCCF)C(C)(C)CN1. The maximum absolute atomic E-state index is 12.3. The van der Waals surface area contributed by atoms with Crippen molar-refractivity contribution in [3.8, 4) is 0 Å². The molecule has 1 atom stereocenters. The minimum absolute atomic E-state index is 0.150. The minimum atomic E-state index is -0.208. The first-order valence-electron chi connectivity index (χ1n) is 6.32. The van der Waals surface area contributed by atoms with Gasteiger partial charge >= 0.3 is 0 Å². The van der Waals surface area contributed by atoms with Crippen LogP contribution in [-0.2, 0) is 0 Å². The van der Waals surface area contributed by atoms with Crippen molar-refractivity contribution in [2.45, 2.75) is 52.6 Å². The second-order valence-electron chi connectivity index (χ2n) is 6.60. The highest BCUT2D eigenvalue weighted by atomic mass is 19.1. The van der Waals surface area contributed by atoms with E-state index in [-0.39, 0.29) is 17.6 Å². The summed E-state index contributed by atoms with van der Waals surface area (Å²) in [5.74, 6) is 0. The van der Waals surface area contributed by atoms with Crippen molar-refractivity contribution in [1.82, 2.24) is 10.2 Å². The normalized spacial score (nSPS) is 27.0. The lowest BCUT2D eigenvalue weighted by Crippen LogP contribution is -2.64. The molecular formula is C13H27FN2. The lowest BCUT2D eigenvalue weighted by Gasteiger charge is -2.49. The fourth-order valence-electron chi connectivity index (χ4n) is 2.24. The van der Waals surface area contributed by atoms with Crippen LogP contribution in [-0.4, -0.2) is 42.8 Å². The van der Waals surface area contributed by atoms with Crippen molar-refractivity contribution in [3.05, 3.63) is 0 Å². The second-order valence-corrected chi connectivity index (χ2v) is 6.60. The van der Waals surface area contributed by atoms with Gasteiger partial charge in [-0.3, -0.25) is 9.29 Å². The molecule has 1 rings (SSSR count). The predicted molar refractivity (Wildman–Crippen MR) is 67.5 cm³/mol. The number of alkyl halides is 1. The van der Waals surface area contributed by atoms with E-state index in [1.54, 1.807) is 0 Å². The maximum Gasteiger partial charge on any atom is 0.0906 e. The van der Waals surface area contributed by atoms with E-state index in [2.05, 4.69) is 44.8 Å². The van der Waals surface area contributed by atoms with Gasteiger partial charge in [0, 0.05) is 31.2 Å². The third-order valence-corrected chi connectivity index (χ3v) is 3.65. The van der Waals surface area contributed by atoms with Gasteiger partial charge in [-0.1, -0.05) is 20.8 Å². The molecule has 1 fully saturated rings. The molecule has 0 bridgehead atoms. The molecule has 1 heterocycles. The van der Waals surface area contributed by atoms with E-state index >= 15 is 0 Å². The highest BCUT2D eigenvalue weighted by Gasteiger charge is 2.37. The molecule has 1 aliphatic rings. The summed E-state index contributed by atoms with van der Waals surface area (Å²) in [4.78, 5) is 2.43. The zero-order valence-electron chi connectivity index (χ0n) is 11.4. The summed E-state index contributed by atoms with van der Waals surface area (Å²) in [6.07, 6.45) is 0.653. The zero-order chi connectivity index (χ0) is 12.4. The van der Waals surface area contributed by atoms with E-state index in [0.717, 1.165) is 19.6 Å². The molecule has 1 N–H and O–H groups in total. The zero-order valence-corrected chi connectivity index (χ0v) is 11.4. The quantitative estimate of drug-likeness (QED) is 0.801. The summed E-state index contributed by atoms with van der Waals surface area (Å²) >= 11 is 0. The Bertz CT molecular complexity index is 220. The number of halogens is 1. The largest absolute Gasteiger partial charge is 0.310 e. The van der Waals surface area contributed by atoms with Crippen molar-refractivity contribution in [2.24, 2.45) is 5.41 Å². The van der Waals surface area contributed by atoms with Gasteiger partial charge in [0.05, 0.1) is 6.67 Å². The average Bonchev–Trinajstić information content (AvgIpc) is 2.13. The molecule has 1 unspecified atom stereocenters. The van der Waals surface area contributed by atoms with Crippen LogP contribution in [0.5, 0.6) is 0 Å². The molecule has 3 heteroatoms. The van der Waals surface area contributed by atoms with E-state index in [9.17, 15) is 4.39 Å². The molecule has 0 amide bonds. The topological polar surface area (TPSA) is 15.3 Å². The van der Waals surface area contributed by atoms with E-state index < -0.39 is 0 Å². The highest BCUT2D eigenvalue weighted by Crippen LogP contribution is 2.27. The van der Waals surface area contributed by atoms with Gasteiger partial charge in [0.25, 0.3) is 0 Å². The first-order valence-corrected chi connectivity index (χ1v) is 6.32. The minimum Gasteiger partial charge on any atom is -0.310 e. The van der Waals surface area contributed by atoms with Gasteiger partial charge in [-0.15, -0.1) is 0 Å². The summed E-state index contributed by atoms with van der Waals surface area (Å²) in [5.41, 5.74) is 0.418. The van der Waals surface area contributed by atoms with Gasteiger partial charge in [-0.2, -0.15) is 0 Å². The first kappa shape index (κ1) is 13.9. The number of hydrogen-bond donors (Lipinski definition) is 1. The van der Waals surface area contributed by atoms with E-state index in [1.807, 2.05) is 0 Å². The van der Waals surface area contributed by atoms with Crippen LogP contribution in [0, 0.1) is 5.41 Å². The predicted octanol–water partition coefficient (Wildman–Crippen LogP) is 2.44. The summed E-state index contributed by atoms with van der Waals surface area (Å²) in [7, 11) is 0. The number of nitrogens with one attached hydrogen (secondary N) is 1. The van der Waals surface area contributed by atoms with Crippen molar-refractivity contribution in [1.29, 1.82) is 0 Å². The van der Waals surface area contributed by atoms with Crippen LogP contribution >= 0.6 is 0 Å². The van der Waals surface area contributed by atoms with Crippen LogP contribution in [0.3, 0.4) is 0 Å². The third-order valence-electron chi connectivity index (χ3n) is 3.65. The van der Waals surface area contributed by atoms with E-state index in [1.165, 1.54) is 0 Å². The molecule has 96 valence electrons. The highest BCUT2D eigenvalue weighted by molar-refractivity contribution is 4.96. The first-order chi connectivity index (χ1) is 7.27. The van der Waals surface area contributed by atoms with Crippen LogP contribution in [0.4, 0.5) is 4.39 Å². The van der Waals surface area contributed by atoms with Gasteiger partial charge in [-0.25, -0.2) is 0 Å². The number of nitrogens with zero attached hydrogens (tertiary/aromatic N) is 1. The summed E-state index contributed by atoms with van der Waals surface area (Å²) in [5, 5.41) is 3.62. The van der Waals surface area contributed by atoms with Crippen molar-refractivity contribution < 1.29 is 4.39 Å². The molecule has 2 nitrogen and oxygen atoms in total. The Morgan fingerprint density at radius 2 is 2.00 bits per heavy atom. The van der Waals surface area contributed by atoms with Crippen molar-refractivity contribution in [2.75, 3.05) is 26.3 Å². The summed E-state index contributed by atoms with van der Waals surface area (Å²) in [6.45, 7) is 13.9. The Balaban J connectivity index is 2.62. The molecule has 1 aliphatic heterocycles. The van der Waals surface area contributed by atoms with Crippen LogP contribution in [0.2, 0.25) is 0 Å². The Morgan fingerprint density at radius 3 is 2.50 bits per heavy atom. The van der Waals surface area contributed by atoms with Gasteiger partial charge in [0.2, 0.25) is 0 Å². The molecule has 0 aromatic rings. The Labute approximate surface area is 99.6 Å². The Hall–Kier alpha value is -0.150. The molecule has 0 aromatic heterocycles. The molecule has 1 saturated heterocycles. The van der Waals surface area contributed by atoms with Gasteiger partial charge in [-0.05, 0) is 25.7 Å². The second kappa shape index (κ2) is 5.01. The van der Waals surface area contributed by atoms with Crippen molar-refractivity contribution in [3.63, 3.8) is 0 Å². The fourth-order valence-corrected chi connectivity index (χ4v) is 2.24. The fraction of sp³-hybridized carbons (Fsp3) is 1.00. The monoisotopic (exact) mass is 230 g/mol. The molecule has 0 spiro atoms. The average molecular weight is 230 g/mol. The van der Waals surface area contributed by atoms with E-state index in [0.29, 0.717) is 12.5 Å². The van der Waals surface area contributed by atoms with Crippen LogP contribution in [0.25, 0.3) is 0 Å². The third kappa shape index (κ3) is 3.42. The maximum atomic E-state index is 12.3. The molecule has 0 aromatic carbocycles. The molecule has 16 heavy (non-hydrogen) atoms. The van der Waals surface area contributed by atoms with Crippen LogP contribution < -0.4 is 5.32 Å². The lowest BCUT2D eigenvalue weighted by molar-refractivity contribution is 0.0339. The Morgan fingerprint density at radius 1 is 1.38 bits per heavy atom. The number of hydrogen-bond acceptors (Lipinski definition) is 2. The lowest BCUT2D eigenvalue weighted by atomic mass is 9.83. The van der Waals surface area contributed by atoms with Gasteiger partial charge in [0.15, 0.2) is 0 Å². The standard InChI is InChI=1S/C13H27FN2/c1-12(2,3)11-9-16(8-6-7-14)13(4,5)10-15-11/h11,15H,6-10H2,1-5H3. The smallest absolute Gasteiger partial charge is 0.0906 e. The van der Waals surface area contributed by atoms with Gasteiger partial charge in [0.1, 0.15) is 0 Å². The summed E-state index contributed by atoms with van der Waals surface area (Å²) < 4.78 is 12.3. The number of piperazine rings is 1. The molecular weight excluding hydrogens is 203 g/mol. The molecule has 0 saturated carbocycles.